The lowest BCUT2D eigenvalue weighted by molar-refractivity contribution is -0.149. The number of nitrogens with zero attached hydrogens (tertiary/aromatic N) is 3. The van der Waals surface area contributed by atoms with E-state index in [2.05, 4.69) is 24.1 Å². The first kappa shape index (κ1) is 53.9. The number of likely N-dealkylation sites (N-methyl/N-ethyl adjacent to an activating group) is 2. The maximum atomic E-state index is 14.5. The molecule has 0 unspecified atom stereocenters. The van der Waals surface area contributed by atoms with E-state index in [0.717, 1.165) is 12.0 Å². The summed E-state index contributed by atoms with van der Waals surface area (Å²) in [5.41, 5.74) is 0.826. The molecule has 2 rings (SSSR count). The maximum Gasteiger partial charge on any atom is 0.266 e. The van der Waals surface area contributed by atoms with Crippen LogP contribution in [0.15, 0.2) is 30.3 Å². The molecule has 61 heavy (non-hydrogen) atoms. The van der Waals surface area contributed by atoms with Crippen LogP contribution >= 0.6 is 0 Å². The third-order valence-corrected chi connectivity index (χ3v) is 13.6. The molecule has 1 saturated heterocycles. The Kier molecular flexibility index (Phi) is 22.2. The Morgan fingerprint density at radius 2 is 1.51 bits per heavy atom. The monoisotopic (exact) mass is 879 g/mol. The first-order chi connectivity index (χ1) is 28.5. The van der Waals surface area contributed by atoms with Crippen LogP contribution in [0.5, 0.6) is 0 Å². The van der Waals surface area contributed by atoms with Gasteiger partial charge in [-0.05, 0) is 63.5 Å². The van der Waals surface area contributed by atoms with Gasteiger partial charge in [-0.3, -0.25) is 33.4 Å². The standard InChI is InChI=1S/C46H78N4O10S/c1-14-32(8)43(49(11)46(55)36(29(2)3)27-39(52)42(30(4)5)48(10)31(6)7)40(59-12)28-41(53)50-23-18-21-37(50)44(60-13)33(9)38(51)26-35(25-34-19-16-15-17-20-34)45(54)47-22-24-61(56,57)58/h15-17,19-20,29-33,35-37,40,42-44H,14,18,21-28H2,1-13H3,(H,47,54)(H,56,57,58)/t32-,33-,35+,36-,37-,40+,42-,43-,44+/m0/s1. The van der Waals surface area contributed by atoms with Gasteiger partial charge in [0.1, 0.15) is 5.78 Å². The largest absolute Gasteiger partial charge is 0.379 e. The topological polar surface area (TPSA) is 180 Å². The van der Waals surface area contributed by atoms with Crippen LogP contribution in [0.25, 0.3) is 0 Å². The highest BCUT2D eigenvalue weighted by atomic mass is 32.2. The van der Waals surface area contributed by atoms with Gasteiger partial charge in [0.05, 0.1) is 42.5 Å². The van der Waals surface area contributed by atoms with Gasteiger partial charge in [0.25, 0.3) is 10.1 Å². The highest BCUT2D eigenvalue weighted by Gasteiger charge is 2.43. The van der Waals surface area contributed by atoms with Crippen molar-refractivity contribution in [2.24, 2.45) is 35.5 Å². The molecule has 0 bridgehead atoms. The summed E-state index contributed by atoms with van der Waals surface area (Å²) >= 11 is 0. The number of ketones is 2. The smallest absolute Gasteiger partial charge is 0.266 e. The van der Waals surface area contributed by atoms with E-state index in [-0.39, 0.29) is 85.4 Å². The summed E-state index contributed by atoms with van der Waals surface area (Å²) in [4.78, 5) is 75.6. The summed E-state index contributed by atoms with van der Waals surface area (Å²) < 4.78 is 43.8. The number of likely N-dealkylation sites (tertiary alicyclic amines) is 1. The van der Waals surface area contributed by atoms with E-state index in [0.29, 0.717) is 19.4 Å². The number of carbonyl (C=O) groups is 5. The molecule has 1 aliphatic rings. The van der Waals surface area contributed by atoms with Gasteiger partial charge in [-0.2, -0.15) is 8.42 Å². The van der Waals surface area contributed by atoms with Gasteiger partial charge in [-0.1, -0.05) is 85.2 Å². The predicted molar refractivity (Wildman–Crippen MR) is 238 cm³/mol. The lowest BCUT2D eigenvalue weighted by Crippen LogP contribution is -2.54. The third-order valence-electron chi connectivity index (χ3n) is 12.9. The van der Waals surface area contributed by atoms with Crippen molar-refractivity contribution in [1.82, 2.24) is 20.0 Å². The Balaban J connectivity index is 2.32. The molecular weight excluding hydrogens is 801 g/mol. The molecule has 0 aliphatic carbocycles. The zero-order valence-corrected chi connectivity index (χ0v) is 40.1. The van der Waals surface area contributed by atoms with Gasteiger partial charge in [-0.25, -0.2) is 0 Å². The number of ether oxygens (including phenoxy) is 2. The van der Waals surface area contributed by atoms with E-state index in [1.54, 1.807) is 30.9 Å². The van der Waals surface area contributed by atoms with E-state index < -0.39 is 63.8 Å². The average molecular weight is 879 g/mol. The van der Waals surface area contributed by atoms with Crippen LogP contribution < -0.4 is 5.32 Å². The minimum Gasteiger partial charge on any atom is -0.379 e. The second-order valence-corrected chi connectivity index (χ2v) is 19.8. The lowest BCUT2D eigenvalue weighted by Gasteiger charge is -2.41. The molecule has 0 spiro atoms. The number of nitrogens with one attached hydrogen (secondary N) is 1. The molecule has 0 radical (unpaired) electrons. The van der Waals surface area contributed by atoms with Crippen LogP contribution in [-0.2, 0) is 50.0 Å². The van der Waals surface area contributed by atoms with Crippen LogP contribution in [0.1, 0.15) is 106 Å². The zero-order chi connectivity index (χ0) is 46.4. The number of hydrogen-bond donors (Lipinski definition) is 2. The highest BCUT2D eigenvalue weighted by molar-refractivity contribution is 7.85. The zero-order valence-electron chi connectivity index (χ0n) is 39.3. The number of benzene rings is 1. The SMILES string of the molecule is CC[C@H](C)[C@@H]([C@@H](CC(=O)N1CCC[C@H]1[C@H](OC)[C@@H](C)C(=O)C[C@@H](Cc1ccccc1)C(=O)NCCS(=O)(=O)O)OC)N(C)C(=O)[C@@H](CC(=O)[C@H](C(C)C)N(C)C(C)C)C(C)C. The van der Waals surface area contributed by atoms with E-state index in [1.807, 2.05) is 78.9 Å². The Morgan fingerprint density at radius 1 is 0.885 bits per heavy atom. The van der Waals surface area contributed by atoms with Gasteiger partial charge >= 0.3 is 0 Å². The Hall–Kier alpha value is -3.24. The molecule has 1 aliphatic heterocycles. The molecule has 1 aromatic carbocycles. The van der Waals surface area contributed by atoms with E-state index in [1.165, 1.54) is 7.11 Å². The van der Waals surface area contributed by atoms with Crippen molar-refractivity contribution in [3.05, 3.63) is 35.9 Å². The molecule has 1 aromatic rings. The highest BCUT2D eigenvalue weighted by Crippen LogP contribution is 2.32. The Morgan fingerprint density at radius 3 is 2.02 bits per heavy atom. The summed E-state index contributed by atoms with van der Waals surface area (Å²) in [6.07, 6.45) is 0.869. The quantitative estimate of drug-likeness (QED) is 0.109. The number of rotatable bonds is 27. The molecule has 9 atom stereocenters. The number of carbonyl (C=O) groups excluding carboxylic acids is 5. The summed E-state index contributed by atoms with van der Waals surface area (Å²) in [5.74, 6) is -3.84. The van der Waals surface area contributed by atoms with Crippen molar-refractivity contribution < 1.29 is 46.4 Å². The molecular formula is C46H78N4O10S. The normalized spacial score (nSPS) is 18.7. The molecule has 1 fully saturated rings. The second-order valence-electron chi connectivity index (χ2n) is 18.2. The molecule has 3 amide bonds. The summed E-state index contributed by atoms with van der Waals surface area (Å²) in [5, 5.41) is 2.55. The van der Waals surface area contributed by atoms with E-state index in [4.69, 9.17) is 14.0 Å². The van der Waals surface area contributed by atoms with Gasteiger partial charge in [0.15, 0.2) is 5.78 Å². The Bertz CT molecular complexity index is 1670. The molecule has 0 saturated carbocycles. The molecule has 2 N–H and O–H groups in total. The molecule has 14 nitrogen and oxygen atoms in total. The predicted octanol–water partition coefficient (Wildman–Crippen LogP) is 5.33. The molecule has 1 heterocycles. The lowest BCUT2D eigenvalue weighted by atomic mass is 9.83. The van der Waals surface area contributed by atoms with Crippen molar-refractivity contribution in [3.8, 4) is 0 Å². The van der Waals surface area contributed by atoms with Gasteiger partial charge in [-0.15, -0.1) is 0 Å². The third kappa shape index (κ3) is 15.8. The van der Waals surface area contributed by atoms with Crippen LogP contribution in [0.3, 0.4) is 0 Å². The average Bonchev–Trinajstić information content (AvgIpc) is 3.68. The van der Waals surface area contributed by atoms with Crippen molar-refractivity contribution >= 4 is 39.4 Å². The summed E-state index contributed by atoms with van der Waals surface area (Å²) in [6.45, 7) is 18.1. The van der Waals surface area contributed by atoms with Crippen LogP contribution in [0, 0.1) is 35.5 Å². The number of methoxy groups -OCH3 is 2. The minimum absolute atomic E-state index is 0.0127. The summed E-state index contributed by atoms with van der Waals surface area (Å²) in [7, 11) is 2.47. The van der Waals surface area contributed by atoms with Crippen molar-refractivity contribution in [1.29, 1.82) is 0 Å². The molecule has 348 valence electrons. The number of Topliss-reactive ketones (excluding diaryl/α,β-unsaturated/α-hetero) is 2. The maximum absolute atomic E-state index is 14.5. The number of amides is 3. The fourth-order valence-corrected chi connectivity index (χ4v) is 9.33. The van der Waals surface area contributed by atoms with E-state index in [9.17, 15) is 32.4 Å². The van der Waals surface area contributed by atoms with Crippen LogP contribution in [-0.4, -0.2) is 140 Å². The van der Waals surface area contributed by atoms with Gasteiger partial charge in [0, 0.05) is 71.0 Å². The first-order valence-corrected chi connectivity index (χ1v) is 23.8. The van der Waals surface area contributed by atoms with Crippen molar-refractivity contribution in [2.45, 2.75) is 144 Å². The van der Waals surface area contributed by atoms with Crippen LogP contribution in [0.2, 0.25) is 0 Å². The second kappa shape index (κ2) is 25.2. The fraction of sp³-hybridized carbons (Fsp3) is 0.761. The van der Waals surface area contributed by atoms with Gasteiger partial charge < -0.3 is 24.6 Å². The van der Waals surface area contributed by atoms with Gasteiger partial charge in [0.2, 0.25) is 17.7 Å². The number of hydrogen-bond acceptors (Lipinski definition) is 10. The fourth-order valence-electron chi connectivity index (χ4n) is 8.97. The van der Waals surface area contributed by atoms with Crippen molar-refractivity contribution in [2.75, 3.05) is 47.2 Å². The van der Waals surface area contributed by atoms with Crippen molar-refractivity contribution in [3.63, 3.8) is 0 Å². The van der Waals surface area contributed by atoms with Crippen LogP contribution in [0.4, 0.5) is 0 Å². The first-order valence-electron chi connectivity index (χ1n) is 22.2. The van der Waals surface area contributed by atoms with E-state index >= 15 is 0 Å². The molecule has 15 heteroatoms. The minimum atomic E-state index is -4.29. The summed E-state index contributed by atoms with van der Waals surface area (Å²) in [6, 6.07) is 8.13. The Labute approximate surface area is 367 Å². The molecule has 0 aromatic heterocycles.